The molecule has 0 amide bonds. The van der Waals surface area contributed by atoms with Gasteiger partial charge in [0, 0.05) is 5.69 Å². The van der Waals surface area contributed by atoms with Crippen LogP contribution in [-0.2, 0) is 9.84 Å². The molecule has 2 heterocycles. The van der Waals surface area contributed by atoms with Crippen LogP contribution in [0.5, 0.6) is 0 Å². The van der Waals surface area contributed by atoms with Gasteiger partial charge >= 0.3 is 0 Å². The molecular formula is C18H14ClN3O2S2. The fourth-order valence-corrected chi connectivity index (χ4v) is 5.58. The highest BCUT2D eigenvalue weighted by Crippen LogP contribution is 2.34. The number of halogens is 1. The van der Waals surface area contributed by atoms with Gasteiger partial charge in [0.05, 0.1) is 4.90 Å². The first-order valence-corrected chi connectivity index (χ1v) is 10.8. The van der Waals surface area contributed by atoms with Crippen LogP contribution in [0.25, 0.3) is 16.4 Å². The molecule has 4 aromatic rings. The average molecular weight is 404 g/mol. The monoisotopic (exact) mass is 403 g/mol. The van der Waals surface area contributed by atoms with Gasteiger partial charge in [0.25, 0.3) is 0 Å². The number of sulfone groups is 1. The van der Waals surface area contributed by atoms with Gasteiger partial charge in [0.1, 0.15) is 10.2 Å². The van der Waals surface area contributed by atoms with Crippen LogP contribution in [-0.4, -0.2) is 29.3 Å². The SMILES string of the molecule is CSc1nn2c(Cl)cc(C)nc2c1S(=O)(=O)c1ccc2ccccc2c1. The van der Waals surface area contributed by atoms with Crippen molar-refractivity contribution < 1.29 is 8.42 Å². The zero-order valence-electron chi connectivity index (χ0n) is 14.0. The third-order valence-electron chi connectivity index (χ3n) is 4.09. The zero-order valence-corrected chi connectivity index (χ0v) is 16.4. The summed E-state index contributed by atoms with van der Waals surface area (Å²) >= 11 is 7.49. The van der Waals surface area contributed by atoms with E-state index in [0.717, 1.165) is 10.8 Å². The van der Waals surface area contributed by atoms with Crippen molar-refractivity contribution in [3.63, 3.8) is 0 Å². The molecule has 5 nitrogen and oxygen atoms in total. The Morgan fingerprint density at radius 3 is 2.54 bits per heavy atom. The molecule has 0 fully saturated rings. The van der Waals surface area contributed by atoms with Crippen LogP contribution in [0.15, 0.2) is 63.3 Å². The van der Waals surface area contributed by atoms with Crippen molar-refractivity contribution in [3.8, 4) is 0 Å². The molecule has 0 unspecified atom stereocenters. The molecule has 0 radical (unpaired) electrons. The highest BCUT2D eigenvalue weighted by Gasteiger charge is 2.29. The van der Waals surface area contributed by atoms with Crippen LogP contribution in [0.4, 0.5) is 0 Å². The van der Waals surface area contributed by atoms with Crippen molar-refractivity contribution in [2.24, 2.45) is 0 Å². The van der Waals surface area contributed by atoms with Crippen molar-refractivity contribution in [1.29, 1.82) is 0 Å². The Morgan fingerprint density at radius 2 is 1.81 bits per heavy atom. The van der Waals surface area contributed by atoms with E-state index in [1.54, 1.807) is 37.4 Å². The fraction of sp³-hybridized carbons (Fsp3) is 0.111. The number of hydrogen-bond acceptors (Lipinski definition) is 5. The third-order valence-corrected chi connectivity index (χ3v) is 6.95. The van der Waals surface area contributed by atoms with Gasteiger partial charge < -0.3 is 0 Å². The van der Waals surface area contributed by atoms with Crippen LogP contribution in [0, 0.1) is 6.92 Å². The molecule has 0 bridgehead atoms. The Bertz CT molecular complexity index is 1270. The number of thioether (sulfide) groups is 1. The van der Waals surface area contributed by atoms with E-state index in [2.05, 4.69) is 10.1 Å². The molecule has 26 heavy (non-hydrogen) atoms. The number of aryl methyl sites for hydroxylation is 1. The molecule has 0 saturated carbocycles. The predicted molar refractivity (Wildman–Crippen MR) is 104 cm³/mol. The Labute approximate surface area is 159 Å². The summed E-state index contributed by atoms with van der Waals surface area (Å²) in [6, 6.07) is 14.4. The summed E-state index contributed by atoms with van der Waals surface area (Å²) in [5, 5.41) is 6.87. The van der Waals surface area contributed by atoms with E-state index >= 15 is 0 Å². The number of nitrogens with zero attached hydrogens (tertiary/aromatic N) is 3. The lowest BCUT2D eigenvalue weighted by Gasteiger charge is -2.06. The van der Waals surface area contributed by atoms with Crippen LogP contribution in [0.2, 0.25) is 5.15 Å². The molecule has 8 heteroatoms. The summed E-state index contributed by atoms with van der Waals surface area (Å²) in [6.07, 6.45) is 1.78. The van der Waals surface area contributed by atoms with E-state index in [-0.39, 0.29) is 15.4 Å². The Balaban J connectivity index is 2.03. The Morgan fingerprint density at radius 1 is 1.08 bits per heavy atom. The summed E-state index contributed by atoms with van der Waals surface area (Å²) < 4.78 is 28.2. The molecule has 0 atom stereocenters. The van der Waals surface area contributed by atoms with E-state index in [1.165, 1.54) is 16.3 Å². The van der Waals surface area contributed by atoms with E-state index in [9.17, 15) is 8.42 Å². The molecule has 132 valence electrons. The topological polar surface area (TPSA) is 64.3 Å². The van der Waals surface area contributed by atoms with Crippen LogP contribution < -0.4 is 0 Å². The summed E-state index contributed by atoms with van der Waals surface area (Å²) in [4.78, 5) is 4.68. The van der Waals surface area contributed by atoms with Gasteiger partial charge in [-0.25, -0.2) is 17.9 Å². The molecule has 0 aliphatic carbocycles. The van der Waals surface area contributed by atoms with Crippen LogP contribution >= 0.6 is 23.4 Å². The number of benzene rings is 2. The van der Waals surface area contributed by atoms with E-state index in [1.807, 2.05) is 24.3 Å². The second-order valence-corrected chi connectivity index (χ2v) is 8.88. The number of hydrogen-bond donors (Lipinski definition) is 0. The predicted octanol–water partition coefficient (Wildman–Crippen LogP) is 4.40. The normalized spacial score (nSPS) is 12.1. The maximum Gasteiger partial charge on any atom is 0.213 e. The maximum absolute atomic E-state index is 13.4. The zero-order chi connectivity index (χ0) is 18.5. The minimum atomic E-state index is -3.82. The molecular weight excluding hydrogens is 390 g/mol. The summed E-state index contributed by atoms with van der Waals surface area (Å²) in [5.41, 5.74) is 0.873. The largest absolute Gasteiger partial charge is 0.233 e. The third kappa shape index (κ3) is 2.67. The molecule has 0 aliphatic rings. The maximum atomic E-state index is 13.4. The highest BCUT2D eigenvalue weighted by molar-refractivity contribution is 7.99. The first kappa shape index (κ1) is 17.3. The van der Waals surface area contributed by atoms with Gasteiger partial charge in [0.15, 0.2) is 10.5 Å². The summed E-state index contributed by atoms with van der Waals surface area (Å²) in [7, 11) is -3.82. The highest BCUT2D eigenvalue weighted by atomic mass is 35.5. The lowest BCUT2D eigenvalue weighted by molar-refractivity contribution is 0.595. The molecule has 0 aliphatic heterocycles. The molecule has 2 aromatic carbocycles. The number of rotatable bonds is 3. The van der Waals surface area contributed by atoms with Gasteiger partial charge in [-0.2, -0.15) is 5.10 Å². The van der Waals surface area contributed by atoms with Crippen LogP contribution in [0.1, 0.15) is 5.69 Å². The minimum Gasteiger partial charge on any atom is -0.233 e. The first-order chi connectivity index (χ1) is 12.4. The van der Waals surface area contributed by atoms with E-state index < -0.39 is 9.84 Å². The lowest BCUT2D eigenvalue weighted by Crippen LogP contribution is -2.04. The Hall–Kier alpha value is -2.09. The lowest BCUT2D eigenvalue weighted by atomic mass is 10.1. The fourth-order valence-electron chi connectivity index (χ4n) is 2.88. The van der Waals surface area contributed by atoms with Crippen molar-refractivity contribution >= 4 is 49.6 Å². The van der Waals surface area contributed by atoms with E-state index in [0.29, 0.717) is 15.9 Å². The van der Waals surface area contributed by atoms with Crippen LogP contribution in [0.3, 0.4) is 0 Å². The quantitative estimate of drug-likeness (QED) is 0.374. The number of aromatic nitrogens is 3. The first-order valence-electron chi connectivity index (χ1n) is 7.75. The second-order valence-electron chi connectivity index (χ2n) is 5.81. The van der Waals surface area contributed by atoms with Gasteiger partial charge in [-0.1, -0.05) is 41.9 Å². The molecule has 0 N–H and O–H groups in total. The number of fused-ring (bicyclic) bond motifs is 2. The van der Waals surface area contributed by atoms with Crippen molar-refractivity contribution in [3.05, 3.63) is 59.4 Å². The molecule has 0 saturated heterocycles. The van der Waals surface area contributed by atoms with Gasteiger partial charge in [-0.15, -0.1) is 11.8 Å². The summed E-state index contributed by atoms with van der Waals surface area (Å²) in [5.74, 6) is 0. The van der Waals surface area contributed by atoms with Gasteiger partial charge in [-0.05, 0) is 42.2 Å². The molecule has 0 spiro atoms. The van der Waals surface area contributed by atoms with Crippen molar-refractivity contribution in [2.75, 3.05) is 6.26 Å². The minimum absolute atomic E-state index is 0.0888. The molecule has 4 rings (SSSR count). The average Bonchev–Trinajstić information content (AvgIpc) is 3.01. The summed E-state index contributed by atoms with van der Waals surface area (Å²) in [6.45, 7) is 1.77. The smallest absolute Gasteiger partial charge is 0.213 e. The standard InChI is InChI=1S/C18H14ClN3O2S2/c1-11-9-15(19)22-17(20-11)16(18(21-22)25-2)26(23,24)14-8-7-12-5-3-4-6-13(12)10-14/h3-10H,1-2H3. The second kappa shape index (κ2) is 6.26. The van der Waals surface area contributed by atoms with Gasteiger partial charge in [-0.3, -0.25) is 0 Å². The van der Waals surface area contributed by atoms with E-state index in [4.69, 9.17) is 11.6 Å². The van der Waals surface area contributed by atoms with Crippen molar-refractivity contribution in [1.82, 2.24) is 14.6 Å². The molecule has 2 aromatic heterocycles. The Kier molecular flexibility index (Phi) is 4.17. The van der Waals surface area contributed by atoms with Crippen molar-refractivity contribution in [2.45, 2.75) is 21.7 Å². The van der Waals surface area contributed by atoms with Gasteiger partial charge in [0.2, 0.25) is 9.84 Å².